The van der Waals surface area contributed by atoms with E-state index in [0.717, 1.165) is 6.42 Å². The molecule has 1 aromatic heterocycles. The monoisotopic (exact) mass is 253 g/mol. The van der Waals surface area contributed by atoms with Crippen LogP contribution in [0.15, 0.2) is 18.5 Å². The van der Waals surface area contributed by atoms with Crippen molar-refractivity contribution in [2.45, 2.75) is 31.8 Å². The number of aryl methyl sites for hydroxylation is 1. The molecule has 1 atom stereocenters. The molecule has 0 spiro atoms. The van der Waals surface area contributed by atoms with Crippen LogP contribution in [-0.2, 0) is 11.3 Å². The largest absolute Gasteiger partial charge is 0.480 e. The van der Waals surface area contributed by atoms with Gasteiger partial charge in [0.1, 0.15) is 11.6 Å². The highest BCUT2D eigenvalue weighted by molar-refractivity contribution is 5.91. The zero-order valence-electron chi connectivity index (χ0n) is 9.95. The Morgan fingerprint density at radius 1 is 1.44 bits per heavy atom. The van der Waals surface area contributed by atoms with Crippen LogP contribution in [0.2, 0.25) is 0 Å². The SMILES string of the molecule is NC(=O)c1ccn[n+](CCCC[C@H](N)C(=O)O)c1. The Morgan fingerprint density at radius 3 is 2.78 bits per heavy atom. The van der Waals surface area contributed by atoms with Gasteiger partial charge in [-0.2, -0.15) is 0 Å². The first-order valence-corrected chi connectivity index (χ1v) is 5.64. The Balaban J connectivity index is 2.38. The summed E-state index contributed by atoms with van der Waals surface area (Å²) in [6.45, 7) is 0.591. The van der Waals surface area contributed by atoms with Crippen molar-refractivity contribution in [3.63, 3.8) is 0 Å². The van der Waals surface area contributed by atoms with Crippen molar-refractivity contribution in [3.05, 3.63) is 24.0 Å². The quantitative estimate of drug-likeness (QED) is 0.427. The summed E-state index contributed by atoms with van der Waals surface area (Å²) in [6, 6.07) is 0.721. The molecule has 0 aromatic carbocycles. The van der Waals surface area contributed by atoms with Gasteiger partial charge in [-0.05, 0) is 24.0 Å². The van der Waals surface area contributed by atoms with Crippen LogP contribution in [0.1, 0.15) is 29.6 Å². The van der Waals surface area contributed by atoms with Crippen LogP contribution >= 0.6 is 0 Å². The molecule has 0 aliphatic heterocycles. The number of nitrogens with zero attached hydrogens (tertiary/aromatic N) is 2. The molecule has 0 unspecified atom stereocenters. The Bertz CT molecular complexity index is 436. The number of hydrogen-bond acceptors (Lipinski definition) is 4. The van der Waals surface area contributed by atoms with E-state index in [4.69, 9.17) is 16.6 Å². The molecule has 7 heteroatoms. The zero-order chi connectivity index (χ0) is 13.5. The second-order valence-corrected chi connectivity index (χ2v) is 3.98. The third-order valence-corrected chi connectivity index (χ3v) is 2.51. The zero-order valence-corrected chi connectivity index (χ0v) is 9.95. The van der Waals surface area contributed by atoms with Crippen LogP contribution in [0, 0.1) is 0 Å². The molecule has 1 aromatic rings. The first kappa shape index (κ1) is 14.0. The number of carboxylic acid groups (broad SMARTS) is 1. The molecule has 0 bridgehead atoms. The van der Waals surface area contributed by atoms with Crippen molar-refractivity contribution in [3.8, 4) is 0 Å². The van der Waals surface area contributed by atoms with Crippen molar-refractivity contribution >= 4 is 11.9 Å². The van der Waals surface area contributed by atoms with Crippen molar-refractivity contribution in [1.82, 2.24) is 5.10 Å². The Kier molecular flexibility index (Phi) is 5.19. The van der Waals surface area contributed by atoms with Gasteiger partial charge in [0.2, 0.25) is 6.20 Å². The van der Waals surface area contributed by atoms with Gasteiger partial charge in [-0.25, -0.2) is 0 Å². The summed E-state index contributed by atoms with van der Waals surface area (Å²) in [7, 11) is 0. The molecule has 1 heterocycles. The Hall–Kier alpha value is -2.02. The fourth-order valence-electron chi connectivity index (χ4n) is 1.47. The average molecular weight is 253 g/mol. The van der Waals surface area contributed by atoms with Crippen molar-refractivity contribution in [1.29, 1.82) is 0 Å². The first-order chi connectivity index (χ1) is 8.50. The molecule has 0 radical (unpaired) electrons. The van der Waals surface area contributed by atoms with E-state index in [1.54, 1.807) is 16.9 Å². The molecular weight excluding hydrogens is 236 g/mol. The maximum Gasteiger partial charge on any atom is 0.320 e. The number of nitrogens with two attached hydrogens (primary N) is 2. The standard InChI is InChI=1S/C11H16N4O3/c12-9(11(17)18)3-1-2-6-15-7-8(10(13)16)4-5-14-15/h4-5,7,9H,1-3,6,12H2,(H2-,13,16,17,18)/p+1/t9-/m0/s1. The predicted octanol–water partition coefficient (Wildman–Crippen LogP) is -0.950. The summed E-state index contributed by atoms with van der Waals surface area (Å²) in [4.78, 5) is 21.4. The van der Waals surface area contributed by atoms with Gasteiger partial charge in [0.15, 0.2) is 6.54 Å². The first-order valence-electron chi connectivity index (χ1n) is 5.64. The van der Waals surface area contributed by atoms with Gasteiger partial charge < -0.3 is 16.6 Å². The molecule has 5 N–H and O–H groups in total. The van der Waals surface area contributed by atoms with Gasteiger partial charge >= 0.3 is 5.97 Å². The van der Waals surface area contributed by atoms with Crippen LogP contribution < -0.4 is 16.1 Å². The van der Waals surface area contributed by atoms with E-state index in [1.165, 1.54) is 6.20 Å². The van der Waals surface area contributed by atoms with Crippen LogP contribution in [-0.4, -0.2) is 28.1 Å². The molecule has 7 nitrogen and oxygen atoms in total. The number of rotatable bonds is 7. The number of carbonyl (C=O) groups is 2. The average Bonchev–Trinajstić information content (AvgIpc) is 2.34. The fourth-order valence-corrected chi connectivity index (χ4v) is 1.47. The van der Waals surface area contributed by atoms with Crippen LogP contribution in [0.5, 0.6) is 0 Å². The molecule has 18 heavy (non-hydrogen) atoms. The topological polar surface area (TPSA) is 123 Å². The van der Waals surface area contributed by atoms with Crippen molar-refractivity contribution < 1.29 is 19.4 Å². The lowest BCUT2D eigenvalue weighted by molar-refractivity contribution is -0.754. The Morgan fingerprint density at radius 2 is 2.17 bits per heavy atom. The number of hydrogen-bond donors (Lipinski definition) is 3. The number of primary amides is 1. The van der Waals surface area contributed by atoms with Crippen molar-refractivity contribution in [2.24, 2.45) is 11.5 Å². The lowest BCUT2D eigenvalue weighted by atomic mass is 10.1. The van der Waals surface area contributed by atoms with E-state index >= 15 is 0 Å². The number of aromatic nitrogens is 2. The number of unbranched alkanes of at least 4 members (excludes halogenated alkanes) is 1. The number of carbonyl (C=O) groups excluding carboxylic acids is 1. The smallest absolute Gasteiger partial charge is 0.320 e. The number of amides is 1. The minimum atomic E-state index is -0.989. The summed E-state index contributed by atoms with van der Waals surface area (Å²) < 4.78 is 1.60. The summed E-state index contributed by atoms with van der Waals surface area (Å²) in [6.07, 6.45) is 4.91. The van der Waals surface area contributed by atoms with E-state index in [1.807, 2.05) is 0 Å². The van der Waals surface area contributed by atoms with E-state index < -0.39 is 17.9 Å². The minimum Gasteiger partial charge on any atom is -0.480 e. The Labute approximate surface area is 104 Å². The summed E-state index contributed by atoms with van der Waals surface area (Å²) in [5.74, 6) is -1.49. The van der Waals surface area contributed by atoms with Gasteiger partial charge in [-0.3, -0.25) is 9.59 Å². The molecule has 0 saturated heterocycles. The van der Waals surface area contributed by atoms with E-state index in [0.29, 0.717) is 24.9 Å². The van der Waals surface area contributed by atoms with Gasteiger partial charge in [0.25, 0.3) is 5.91 Å². The maximum absolute atomic E-state index is 10.9. The van der Waals surface area contributed by atoms with Gasteiger partial charge in [-0.1, -0.05) is 4.68 Å². The molecule has 98 valence electrons. The number of aliphatic carboxylic acids is 1. The summed E-state index contributed by atoms with van der Waals surface area (Å²) in [5.41, 5.74) is 10.9. The summed E-state index contributed by atoms with van der Waals surface area (Å²) >= 11 is 0. The molecule has 0 aliphatic rings. The van der Waals surface area contributed by atoms with Gasteiger partial charge in [-0.15, -0.1) is 0 Å². The molecular formula is C11H17N4O3+. The highest BCUT2D eigenvalue weighted by Gasteiger charge is 2.12. The van der Waals surface area contributed by atoms with Crippen molar-refractivity contribution in [2.75, 3.05) is 0 Å². The normalized spacial score (nSPS) is 12.1. The van der Waals surface area contributed by atoms with E-state index in [-0.39, 0.29) is 0 Å². The second-order valence-electron chi connectivity index (χ2n) is 3.98. The predicted molar refractivity (Wildman–Crippen MR) is 62.4 cm³/mol. The minimum absolute atomic E-state index is 0.396. The highest BCUT2D eigenvalue weighted by Crippen LogP contribution is 1.99. The third-order valence-electron chi connectivity index (χ3n) is 2.51. The summed E-state index contributed by atoms with van der Waals surface area (Å²) in [5, 5.41) is 12.6. The highest BCUT2D eigenvalue weighted by atomic mass is 16.4. The van der Waals surface area contributed by atoms with Gasteiger partial charge in [0.05, 0.1) is 6.20 Å². The second kappa shape index (κ2) is 6.65. The van der Waals surface area contributed by atoms with Crippen LogP contribution in [0.25, 0.3) is 0 Å². The molecule has 0 fully saturated rings. The molecule has 1 amide bonds. The van der Waals surface area contributed by atoms with Crippen LogP contribution in [0.3, 0.4) is 0 Å². The fraction of sp³-hybridized carbons (Fsp3) is 0.455. The third kappa shape index (κ3) is 4.46. The molecule has 0 aliphatic carbocycles. The lowest BCUT2D eigenvalue weighted by Crippen LogP contribution is -2.39. The van der Waals surface area contributed by atoms with Gasteiger partial charge in [0, 0.05) is 6.42 Å². The van der Waals surface area contributed by atoms with E-state index in [9.17, 15) is 9.59 Å². The molecule has 0 saturated carbocycles. The maximum atomic E-state index is 10.9. The lowest BCUT2D eigenvalue weighted by Gasteiger charge is -2.03. The number of carboxylic acids is 1. The van der Waals surface area contributed by atoms with Crippen LogP contribution in [0.4, 0.5) is 0 Å². The molecule has 1 rings (SSSR count). The van der Waals surface area contributed by atoms with E-state index in [2.05, 4.69) is 5.10 Å².